The normalized spacial score (nSPS) is 19.0. The number of likely N-dealkylation sites (N-methyl/N-ethyl adjacent to an activating group) is 1. The summed E-state index contributed by atoms with van der Waals surface area (Å²) in [6.45, 7) is 5.42. The molecule has 0 aromatic carbocycles. The highest BCUT2D eigenvalue weighted by atomic mass is 32.1. The Hall–Kier alpha value is -1.19. The molecule has 1 aliphatic rings. The Morgan fingerprint density at radius 3 is 3.00 bits per heavy atom. The van der Waals surface area contributed by atoms with Gasteiger partial charge in [0.25, 0.3) is 0 Å². The van der Waals surface area contributed by atoms with Crippen LogP contribution in [-0.2, 0) is 12.8 Å². The minimum absolute atomic E-state index is 0.418. The van der Waals surface area contributed by atoms with Crippen LogP contribution >= 0.6 is 11.3 Å². The third-order valence-corrected chi connectivity index (χ3v) is 5.48. The van der Waals surface area contributed by atoms with E-state index in [1.165, 1.54) is 33.9 Å². The summed E-state index contributed by atoms with van der Waals surface area (Å²) in [6, 6.07) is 9.29. The maximum Gasteiger partial charge on any atom is 0.0499 e. The Morgan fingerprint density at radius 1 is 1.35 bits per heavy atom. The number of pyridine rings is 1. The molecule has 2 nitrogen and oxygen atoms in total. The molecule has 0 aliphatic heterocycles. The fourth-order valence-corrected chi connectivity index (χ4v) is 4.27. The molecule has 0 saturated heterocycles. The fourth-order valence-electron chi connectivity index (χ4n) is 3.18. The first-order valence-corrected chi connectivity index (χ1v) is 8.41. The highest BCUT2D eigenvalue weighted by Gasteiger charge is 2.32. The van der Waals surface area contributed by atoms with Crippen LogP contribution in [0.2, 0.25) is 0 Å². The summed E-state index contributed by atoms with van der Waals surface area (Å²) in [5.74, 6) is 0.523. The molecule has 0 spiro atoms. The van der Waals surface area contributed by atoms with Gasteiger partial charge in [-0.3, -0.25) is 4.98 Å². The monoisotopic (exact) mass is 286 g/mol. The Kier molecular flexibility index (Phi) is 4.18. The minimum atomic E-state index is 0.418. The van der Waals surface area contributed by atoms with Crippen molar-refractivity contribution >= 4 is 11.3 Å². The standard InChI is InChI=1S/C17H22N2S/c1-3-13-8-10-15(20-13)17(18-4-2)14-9-7-12-6-5-11-19-16(12)14/h5-6,8,10-11,14,17-18H,3-4,7,9H2,1-2H3. The maximum absolute atomic E-state index is 4.66. The molecule has 2 aromatic rings. The minimum Gasteiger partial charge on any atom is -0.309 e. The quantitative estimate of drug-likeness (QED) is 0.895. The van der Waals surface area contributed by atoms with E-state index in [2.05, 4.69) is 48.4 Å². The molecular formula is C17H22N2S. The van der Waals surface area contributed by atoms with Crippen molar-refractivity contribution in [3.05, 3.63) is 51.5 Å². The Labute approximate surface area is 125 Å². The molecule has 1 N–H and O–H groups in total. The lowest BCUT2D eigenvalue weighted by Crippen LogP contribution is -2.25. The number of nitrogens with one attached hydrogen (secondary N) is 1. The molecule has 2 heterocycles. The number of hydrogen-bond donors (Lipinski definition) is 1. The molecule has 0 saturated carbocycles. The second-order valence-corrected chi connectivity index (χ2v) is 6.59. The van der Waals surface area contributed by atoms with Crippen LogP contribution in [0.4, 0.5) is 0 Å². The van der Waals surface area contributed by atoms with E-state index in [9.17, 15) is 0 Å². The highest BCUT2D eigenvalue weighted by molar-refractivity contribution is 7.12. The van der Waals surface area contributed by atoms with E-state index in [1.807, 2.05) is 17.5 Å². The van der Waals surface area contributed by atoms with Gasteiger partial charge in [0.1, 0.15) is 0 Å². The van der Waals surface area contributed by atoms with Crippen LogP contribution in [0.5, 0.6) is 0 Å². The molecule has 0 fully saturated rings. The van der Waals surface area contributed by atoms with E-state index in [1.54, 1.807) is 0 Å². The van der Waals surface area contributed by atoms with Crippen molar-refractivity contribution in [1.82, 2.24) is 10.3 Å². The molecule has 2 unspecified atom stereocenters. The largest absolute Gasteiger partial charge is 0.309 e. The highest BCUT2D eigenvalue weighted by Crippen LogP contribution is 2.42. The summed E-state index contributed by atoms with van der Waals surface area (Å²) in [5.41, 5.74) is 2.75. The van der Waals surface area contributed by atoms with Crippen molar-refractivity contribution in [1.29, 1.82) is 0 Å². The van der Waals surface area contributed by atoms with Crippen molar-refractivity contribution in [2.24, 2.45) is 0 Å². The van der Waals surface area contributed by atoms with Gasteiger partial charge < -0.3 is 5.32 Å². The van der Waals surface area contributed by atoms with Crippen LogP contribution in [-0.4, -0.2) is 11.5 Å². The first-order valence-electron chi connectivity index (χ1n) is 7.59. The molecular weight excluding hydrogens is 264 g/mol. The average Bonchev–Trinajstić information content (AvgIpc) is 3.12. The van der Waals surface area contributed by atoms with Gasteiger partial charge in [-0.25, -0.2) is 0 Å². The summed E-state index contributed by atoms with van der Waals surface area (Å²) in [4.78, 5) is 7.60. The average molecular weight is 286 g/mol. The number of thiophene rings is 1. The number of fused-ring (bicyclic) bond motifs is 1. The van der Waals surface area contributed by atoms with E-state index >= 15 is 0 Å². The van der Waals surface area contributed by atoms with E-state index in [0.717, 1.165) is 13.0 Å². The molecule has 3 rings (SSSR count). The third-order valence-electron chi connectivity index (χ3n) is 4.17. The van der Waals surface area contributed by atoms with Gasteiger partial charge >= 0.3 is 0 Å². The first-order chi connectivity index (χ1) is 9.83. The van der Waals surface area contributed by atoms with Gasteiger partial charge in [0, 0.05) is 33.6 Å². The van der Waals surface area contributed by atoms with Gasteiger partial charge in [0.05, 0.1) is 0 Å². The van der Waals surface area contributed by atoms with Gasteiger partial charge in [-0.2, -0.15) is 0 Å². The smallest absolute Gasteiger partial charge is 0.0499 e. The van der Waals surface area contributed by atoms with E-state index in [-0.39, 0.29) is 0 Å². The topological polar surface area (TPSA) is 24.9 Å². The summed E-state index contributed by atoms with van der Waals surface area (Å²) in [6.07, 6.45) is 5.44. The zero-order chi connectivity index (χ0) is 13.9. The van der Waals surface area contributed by atoms with Crippen molar-refractivity contribution in [3.63, 3.8) is 0 Å². The zero-order valence-electron chi connectivity index (χ0n) is 12.2. The first kappa shape index (κ1) is 13.8. The van der Waals surface area contributed by atoms with Gasteiger partial charge in [-0.15, -0.1) is 11.3 Å². The molecule has 0 radical (unpaired) electrons. The SMILES string of the molecule is CCNC(c1ccc(CC)s1)C1CCc2cccnc21. The van der Waals surface area contributed by atoms with Crippen LogP contribution in [0.15, 0.2) is 30.5 Å². The molecule has 2 aromatic heterocycles. The Morgan fingerprint density at radius 2 is 2.25 bits per heavy atom. The maximum atomic E-state index is 4.66. The zero-order valence-corrected chi connectivity index (χ0v) is 13.0. The second-order valence-electron chi connectivity index (χ2n) is 5.39. The predicted octanol–water partition coefficient (Wildman–Crippen LogP) is 4.09. The molecule has 1 aliphatic carbocycles. The van der Waals surface area contributed by atoms with Crippen LogP contribution in [0.1, 0.15) is 53.2 Å². The molecule has 106 valence electrons. The number of rotatable bonds is 5. The number of nitrogens with zero attached hydrogens (tertiary/aromatic N) is 1. The van der Waals surface area contributed by atoms with Crippen molar-refractivity contribution in [2.75, 3.05) is 6.54 Å². The van der Waals surface area contributed by atoms with E-state index < -0.39 is 0 Å². The second kappa shape index (κ2) is 6.06. The molecule has 0 bridgehead atoms. The number of aryl methyl sites for hydroxylation is 2. The van der Waals surface area contributed by atoms with Gasteiger partial charge in [-0.05, 0) is 49.6 Å². The lowest BCUT2D eigenvalue weighted by Gasteiger charge is -2.23. The lowest BCUT2D eigenvalue weighted by molar-refractivity contribution is 0.453. The molecule has 2 atom stereocenters. The summed E-state index contributed by atoms with van der Waals surface area (Å²) >= 11 is 1.95. The van der Waals surface area contributed by atoms with Gasteiger partial charge in [-0.1, -0.05) is 19.9 Å². The predicted molar refractivity (Wildman–Crippen MR) is 85.4 cm³/mol. The summed E-state index contributed by atoms with van der Waals surface area (Å²) in [5, 5.41) is 3.69. The molecule has 20 heavy (non-hydrogen) atoms. The van der Waals surface area contributed by atoms with Gasteiger partial charge in [0.15, 0.2) is 0 Å². The third kappa shape index (κ3) is 2.52. The van der Waals surface area contributed by atoms with Crippen LogP contribution in [0.25, 0.3) is 0 Å². The summed E-state index contributed by atoms with van der Waals surface area (Å²) < 4.78 is 0. The van der Waals surface area contributed by atoms with Crippen LogP contribution in [0, 0.1) is 0 Å². The van der Waals surface area contributed by atoms with Crippen molar-refractivity contribution in [2.45, 2.75) is 45.1 Å². The lowest BCUT2D eigenvalue weighted by atomic mass is 9.95. The van der Waals surface area contributed by atoms with E-state index in [0.29, 0.717) is 12.0 Å². The van der Waals surface area contributed by atoms with Crippen molar-refractivity contribution < 1.29 is 0 Å². The van der Waals surface area contributed by atoms with Crippen LogP contribution in [0.3, 0.4) is 0 Å². The molecule has 0 amide bonds. The molecule has 3 heteroatoms. The van der Waals surface area contributed by atoms with Gasteiger partial charge in [0.2, 0.25) is 0 Å². The number of hydrogen-bond acceptors (Lipinski definition) is 3. The Balaban J connectivity index is 1.92. The van der Waals surface area contributed by atoms with Crippen LogP contribution < -0.4 is 5.32 Å². The number of aromatic nitrogens is 1. The Bertz CT molecular complexity index is 576. The summed E-state index contributed by atoms with van der Waals surface area (Å²) in [7, 11) is 0. The van der Waals surface area contributed by atoms with E-state index in [4.69, 9.17) is 0 Å². The fraction of sp³-hybridized carbons (Fsp3) is 0.471. The van der Waals surface area contributed by atoms with Crippen molar-refractivity contribution in [3.8, 4) is 0 Å².